The van der Waals surface area contributed by atoms with E-state index in [9.17, 15) is 33.3 Å². The molecular weight excluding hydrogens is 631 g/mol. The SMILES string of the molecule is O=C(CN1C(=O)c2ccc([N+](=O)[O-])cc2C1=O)O[C@@H](Cc1c(Cl)c[nH+]cc1Cl)c1ccc(OC(F)F)c(OCC2CC2)c1.[OH-]. The van der Waals surface area contributed by atoms with E-state index in [0.29, 0.717) is 16.0 Å². The van der Waals surface area contributed by atoms with E-state index in [1.165, 1.54) is 30.6 Å². The van der Waals surface area contributed by atoms with Gasteiger partial charge in [0.25, 0.3) is 17.5 Å². The summed E-state index contributed by atoms with van der Waals surface area (Å²) in [5, 5.41) is 11.6. The number of rotatable bonds is 12. The van der Waals surface area contributed by atoms with Gasteiger partial charge < -0.3 is 19.7 Å². The normalized spacial score (nSPS) is 14.6. The van der Waals surface area contributed by atoms with Crippen LogP contribution in [0, 0.1) is 16.0 Å². The number of fused-ring (bicyclic) bond motifs is 1. The van der Waals surface area contributed by atoms with E-state index in [4.69, 9.17) is 32.7 Å². The van der Waals surface area contributed by atoms with Crippen LogP contribution in [0.25, 0.3) is 0 Å². The van der Waals surface area contributed by atoms with Crippen molar-refractivity contribution in [1.29, 1.82) is 0 Å². The lowest BCUT2D eigenvalue weighted by Crippen LogP contribution is -2.36. The predicted molar refractivity (Wildman–Crippen MR) is 147 cm³/mol. The largest absolute Gasteiger partial charge is 0.870 e. The molecule has 2 heterocycles. The van der Waals surface area contributed by atoms with Crippen molar-refractivity contribution in [2.24, 2.45) is 5.92 Å². The second kappa shape index (κ2) is 13.5. The number of alkyl halides is 2. The summed E-state index contributed by atoms with van der Waals surface area (Å²) in [4.78, 5) is 52.7. The molecule has 1 atom stereocenters. The molecule has 2 aromatic carbocycles. The minimum Gasteiger partial charge on any atom is -0.870 e. The van der Waals surface area contributed by atoms with Crippen LogP contribution in [0.5, 0.6) is 11.5 Å². The standard InChI is InChI=1S/C28H21Cl2F2N3O8.H2O/c29-20-10-33-11-21(30)19(20)9-23(15-3-6-22(43-28(31)32)24(7-15)41-13-14-1-2-14)42-25(36)12-34-26(37)17-5-4-16(35(39)40)8-18(17)27(34)38;/h3-8,10-11,14,23,28H,1-2,9,12-13H2;1H2/t23-;/m0./s1. The average molecular weight is 654 g/mol. The first-order valence-electron chi connectivity index (χ1n) is 12.9. The number of imide groups is 1. The molecule has 1 fully saturated rings. The van der Waals surface area contributed by atoms with Gasteiger partial charge in [-0.25, -0.2) is 4.98 Å². The number of aromatic nitrogens is 1. The van der Waals surface area contributed by atoms with Crippen molar-refractivity contribution in [3.8, 4) is 11.5 Å². The fraction of sp³-hybridized carbons (Fsp3) is 0.286. The molecule has 2 amide bonds. The average Bonchev–Trinajstić information content (AvgIpc) is 3.76. The molecule has 2 aliphatic rings. The van der Waals surface area contributed by atoms with Gasteiger partial charge in [0.2, 0.25) is 0 Å². The number of hydrogen-bond acceptors (Lipinski definition) is 9. The van der Waals surface area contributed by atoms with Gasteiger partial charge in [-0.2, -0.15) is 8.78 Å². The molecule has 1 saturated carbocycles. The third kappa shape index (κ3) is 7.21. The molecule has 0 bridgehead atoms. The summed E-state index contributed by atoms with van der Waals surface area (Å²) in [6.45, 7) is -3.64. The summed E-state index contributed by atoms with van der Waals surface area (Å²) < 4.78 is 42.2. The molecule has 3 aromatic rings. The third-order valence-electron chi connectivity index (χ3n) is 6.84. The molecule has 0 radical (unpaired) electrons. The number of amides is 2. The molecule has 1 aliphatic carbocycles. The highest BCUT2D eigenvalue weighted by Crippen LogP contribution is 2.38. The Balaban J connectivity index is 0.00000442. The van der Waals surface area contributed by atoms with Crippen LogP contribution >= 0.6 is 23.2 Å². The number of aromatic amines is 1. The number of pyridine rings is 1. The Kier molecular flexibility index (Phi) is 9.97. The molecule has 12 nitrogen and oxygen atoms in total. The maximum absolute atomic E-state index is 13.2. The topological polar surface area (TPSA) is 169 Å². The number of benzene rings is 2. The summed E-state index contributed by atoms with van der Waals surface area (Å²) in [7, 11) is 0. The van der Waals surface area contributed by atoms with Crippen molar-refractivity contribution < 1.29 is 52.8 Å². The van der Waals surface area contributed by atoms with Crippen LogP contribution in [-0.2, 0) is 16.0 Å². The van der Waals surface area contributed by atoms with Crippen LogP contribution in [0.3, 0.4) is 0 Å². The third-order valence-corrected chi connectivity index (χ3v) is 7.51. The summed E-state index contributed by atoms with van der Waals surface area (Å²) in [6, 6.07) is 7.24. The van der Waals surface area contributed by atoms with Crippen LogP contribution in [0.15, 0.2) is 48.8 Å². The number of carbonyl (C=O) groups excluding carboxylic acids is 3. The number of halogens is 4. The van der Waals surface area contributed by atoms with Crippen LogP contribution in [-0.4, -0.2) is 52.8 Å². The first kappa shape index (κ1) is 32.5. The highest BCUT2D eigenvalue weighted by atomic mass is 35.5. The summed E-state index contributed by atoms with van der Waals surface area (Å²) in [6.07, 6.45) is 3.59. The Labute approximate surface area is 257 Å². The minimum atomic E-state index is -3.11. The van der Waals surface area contributed by atoms with Crippen LogP contribution in [0.1, 0.15) is 50.8 Å². The number of ether oxygens (including phenoxy) is 3. The number of H-pyrrole nitrogens is 1. The van der Waals surface area contributed by atoms with Gasteiger partial charge in [-0.05, 0) is 42.5 Å². The van der Waals surface area contributed by atoms with Gasteiger partial charge in [0.05, 0.1) is 22.7 Å². The molecule has 16 heteroatoms. The maximum atomic E-state index is 13.2. The number of non-ortho nitro benzene ring substituents is 1. The Morgan fingerprint density at radius 1 is 1.05 bits per heavy atom. The smallest absolute Gasteiger partial charge is 0.387 e. The van der Waals surface area contributed by atoms with Crippen molar-refractivity contribution in [3.05, 3.63) is 91.2 Å². The van der Waals surface area contributed by atoms with E-state index >= 15 is 0 Å². The van der Waals surface area contributed by atoms with Gasteiger partial charge in [-0.15, -0.1) is 0 Å². The number of nitro groups is 1. The zero-order chi connectivity index (χ0) is 30.8. The van der Waals surface area contributed by atoms with Crippen LogP contribution < -0.4 is 14.5 Å². The number of nitrogens with one attached hydrogen (secondary N) is 1. The van der Waals surface area contributed by atoms with Crippen molar-refractivity contribution in [1.82, 2.24) is 4.90 Å². The van der Waals surface area contributed by atoms with Gasteiger partial charge >= 0.3 is 12.6 Å². The zero-order valence-electron chi connectivity index (χ0n) is 22.5. The Morgan fingerprint density at radius 2 is 1.73 bits per heavy atom. The fourth-order valence-corrected chi connectivity index (χ4v) is 5.00. The lowest BCUT2D eigenvalue weighted by molar-refractivity contribution is -0.384. The minimum absolute atomic E-state index is 0. The van der Waals surface area contributed by atoms with Crippen LogP contribution in [0.2, 0.25) is 10.0 Å². The molecule has 1 aromatic heterocycles. The second-order valence-electron chi connectivity index (χ2n) is 9.83. The number of carbonyl (C=O) groups is 3. The van der Waals surface area contributed by atoms with Gasteiger partial charge in [-0.3, -0.25) is 29.4 Å². The molecule has 1 aliphatic heterocycles. The molecular formula is C28H23Cl2F2N3O9. The molecule has 44 heavy (non-hydrogen) atoms. The van der Waals surface area contributed by atoms with Crippen molar-refractivity contribution in [2.75, 3.05) is 13.2 Å². The van der Waals surface area contributed by atoms with Gasteiger partial charge in [0.1, 0.15) is 22.7 Å². The molecule has 0 unspecified atom stereocenters. The van der Waals surface area contributed by atoms with Gasteiger partial charge in [0, 0.05) is 24.1 Å². The van der Waals surface area contributed by atoms with E-state index in [2.05, 4.69) is 9.72 Å². The number of esters is 1. The Bertz CT molecular complexity index is 1600. The number of nitro benzene ring substituents is 1. The molecule has 232 valence electrons. The molecule has 5 rings (SSSR count). The van der Waals surface area contributed by atoms with Crippen molar-refractivity contribution in [2.45, 2.75) is 32.0 Å². The van der Waals surface area contributed by atoms with E-state index in [0.717, 1.165) is 31.0 Å². The first-order chi connectivity index (χ1) is 20.5. The highest BCUT2D eigenvalue weighted by molar-refractivity contribution is 6.35. The Morgan fingerprint density at radius 3 is 2.36 bits per heavy atom. The number of nitrogens with zero attached hydrogens (tertiary/aromatic N) is 2. The van der Waals surface area contributed by atoms with E-state index in [-0.39, 0.29) is 57.1 Å². The lowest BCUT2D eigenvalue weighted by Gasteiger charge is -2.22. The fourth-order valence-electron chi connectivity index (χ4n) is 4.47. The summed E-state index contributed by atoms with van der Waals surface area (Å²) in [5.74, 6) is -2.64. The summed E-state index contributed by atoms with van der Waals surface area (Å²) in [5.41, 5.74) is -0.00179. The predicted octanol–water partition coefficient (Wildman–Crippen LogP) is 5.05. The quantitative estimate of drug-likeness (QED) is 0.112. The summed E-state index contributed by atoms with van der Waals surface area (Å²) >= 11 is 12.7. The van der Waals surface area contributed by atoms with Crippen LogP contribution in [0.4, 0.5) is 14.5 Å². The van der Waals surface area contributed by atoms with E-state index in [1.807, 2.05) is 0 Å². The second-order valence-corrected chi connectivity index (χ2v) is 10.6. The lowest BCUT2D eigenvalue weighted by atomic mass is 10.0. The maximum Gasteiger partial charge on any atom is 0.387 e. The van der Waals surface area contributed by atoms with E-state index in [1.54, 1.807) is 0 Å². The monoisotopic (exact) mass is 653 g/mol. The first-order valence-corrected chi connectivity index (χ1v) is 13.7. The zero-order valence-corrected chi connectivity index (χ0v) is 24.0. The number of hydrogen-bond donors (Lipinski definition) is 0. The Hall–Kier alpha value is -4.40. The molecule has 2 N–H and O–H groups in total. The molecule has 0 spiro atoms. The van der Waals surface area contributed by atoms with Crippen molar-refractivity contribution >= 4 is 46.7 Å². The van der Waals surface area contributed by atoms with Gasteiger partial charge in [0.15, 0.2) is 23.9 Å². The van der Waals surface area contributed by atoms with Gasteiger partial charge in [-0.1, -0.05) is 29.3 Å². The van der Waals surface area contributed by atoms with E-state index < -0.39 is 47.7 Å². The molecule has 0 saturated heterocycles. The van der Waals surface area contributed by atoms with Crippen molar-refractivity contribution in [3.63, 3.8) is 0 Å². The highest BCUT2D eigenvalue weighted by Gasteiger charge is 2.39.